The van der Waals surface area contributed by atoms with E-state index in [-0.39, 0.29) is 5.95 Å². The number of nitrogen functional groups attached to an aromatic ring is 1. The summed E-state index contributed by atoms with van der Waals surface area (Å²) in [6.45, 7) is 7.04. The Labute approximate surface area is 221 Å². The van der Waals surface area contributed by atoms with Crippen LogP contribution in [-0.2, 0) is 13.0 Å². The largest absolute Gasteiger partial charge is 0.436 e. The van der Waals surface area contributed by atoms with Gasteiger partial charge in [0.1, 0.15) is 17.1 Å². The highest BCUT2D eigenvalue weighted by molar-refractivity contribution is 6.01. The summed E-state index contributed by atoms with van der Waals surface area (Å²) in [5.41, 5.74) is 13.1. The number of likely N-dealkylation sites (N-methyl/N-ethyl adjacent to an activating group) is 1. The number of hydrogen-bond acceptors (Lipinski definition) is 9. The van der Waals surface area contributed by atoms with Crippen molar-refractivity contribution in [3.63, 3.8) is 0 Å². The van der Waals surface area contributed by atoms with E-state index in [1.807, 2.05) is 25.1 Å². The minimum atomic E-state index is 0.147. The fourth-order valence-corrected chi connectivity index (χ4v) is 5.46. The second kappa shape index (κ2) is 9.89. The van der Waals surface area contributed by atoms with Crippen molar-refractivity contribution < 1.29 is 4.74 Å². The van der Waals surface area contributed by atoms with Crippen LogP contribution in [0.3, 0.4) is 0 Å². The molecule has 0 atom stereocenters. The van der Waals surface area contributed by atoms with Gasteiger partial charge in [0.05, 0.1) is 11.4 Å². The molecule has 0 aliphatic carbocycles. The van der Waals surface area contributed by atoms with Gasteiger partial charge in [-0.1, -0.05) is 30.3 Å². The number of nitrogens with one attached hydrogen (secondary N) is 1. The van der Waals surface area contributed by atoms with Gasteiger partial charge in [0.2, 0.25) is 11.8 Å². The van der Waals surface area contributed by atoms with Crippen LogP contribution in [0.25, 0.3) is 22.2 Å². The molecule has 0 spiro atoms. The third kappa shape index (κ3) is 4.28. The molecule has 3 N–H and O–H groups in total. The summed E-state index contributed by atoms with van der Waals surface area (Å²) >= 11 is 0. The molecule has 0 unspecified atom stereocenters. The molecule has 0 amide bonds. The first-order valence-electron chi connectivity index (χ1n) is 12.9. The summed E-state index contributed by atoms with van der Waals surface area (Å²) in [4.78, 5) is 18.1. The van der Waals surface area contributed by atoms with Crippen LogP contribution in [0.4, 0.5) is 11.6 Å². The van der Waals surface area contributed by atoms with E-state index < -0.39 is 0 Å². The number of rotatable bonds is 4. The maximum absolute atomic E-state index is 10.6. The van der Waals surface area contributed by atoms with Crippen molar-refractivity contribution in [2.45, 2.75) is 19.9 Å². The smallest absolute Gasteiger partial charge is 0.227 e. The molecule has 4 heterocycles. The molecule has 38 heavy (non-hydrogen) atoms. The molecular formula is C29H30N8O. The van der Waals surface area contributed by atoms with Gasteiger partial charge in [-0.3, -0.25) is 0 Å². The molecule has 1 saturated heterocycles. The second-order valence-electron chi connectivity index (χ2n) is 9.93. The summed E-state index contributed by atoms with van der Waals surface area (Å²) in [5, 5.41) is 14.9. The number of ether oxygens (including phenoxy) is 1. The molecule has 192 valence electrons. The molecule has 0 radical (unpaired) electrons. The number of nitrogens with two attached hydrogens (primary N) is 1. The molecule has 9 heteroatoms. The van der Waals surface area contributed by atoms with Gasteiger partial charge >= 0.3 is 0 Å². The average molecular weight is 507 g/mol. The number of benzene rings is 2. The molecule has 0 bridgehead atoms. The Bertz CT molecular complexity index is 1570. The number of fused-ring (bicyclic) bond motifs is 2. The maximum atomic E-state index is 10.6. The molecule has 4 aromatic rings. The molecule has 2 aliphatic rings. The first kappa shape index (κ1) is 24.1. The number of nitrogens with zero attached hydrogens (tertiary/aromatic N) is 6. The van der Waals surface area contributed by atoms with E-state index in [4.69, 9.17) is 15.5 Å². The normalized spacial score (nSPS) is 15.8. The number of para-hydroxylation sites is 1. The van der Waals surface area contributed by atoms with E-state index in [0.29, 0.717) is 28.4 Å². The van der Waals surface area contributed by atoms with E-state index >= 15 is 0 Å². The Morgan fingerprint density at radius 3 is 2.71 bits per heavy atom. The highest BCUT2D eigenvalue weighted by Crippen LogP contribution is 2.42. The van der Waals surface area contributed by atoms with E-state index in [0.717, 1.165) is 67.9 Å². The zero-order valence-corrected chi connectivity index (χ0v) is 21.7. The number of nitriles is 1. The minimum absolute atomic E-state index is 0.147. The van der Waals surface area contributed by atoms with Crippen molar-refractivity contribution in [2.75, 3.05) is 50.4 Å². The van der Waals surface area contributed by atoms with Crippen molar-refractivity contribution >= 4 is 22.5 Å². The molecule has 2 aromatic heterocycles. The Hall–Kier alpha value is -4.26. The zero-order chi connectivity index (χ0) is 26.2. The Morgan fingerprint density at radius 1 is 1.08 bits per heavy atom. The molecule has 9 nitrogen and oxygen atoms in total. The van der Waals surface area contributed by atoms with Crippen molar-refractivity contribution in [3.05, 3.63) is 64.8 Å². The number of anilines is 2. The van der Waals surface area contributed by atoms with Gasteiger partial charge in [-0.2, -0.15) is 10.2 Å². The lowest BCUT2D eigenvalue weighted by atomic mass is 9.90. The number of piperazine rings is 1. The number of hydrogen-bond donors (Lipinski definition) is 2. The molecule has 2 aliphatic heterocycles. The average Bonchev–Trinajstić information content (AvgIpc) is 2.94. The monoisotopic (exact) mass is 506 g/mol. The predicted molar refractivity (Wildman–Crippen MR) is 148 cm³/mol. The van der Waals surface area contributed by atoms with E-state index in [9.17, 15) is 5.26 Å². The van der Waals surface area contributed by atoms with Gasteiger partial charge in [-0.05, 0) is 37.6 Å². The van der Waals surface area contributed by atoms with Crippen molar-refractivity contribution in [1.29, 1.82) is 5.26 Å². The van der Waals surface area contributed by atoms with E-state index in [2.05, 4.69) is 56.4 Å². The van der Waals surface area contributed by atoms with Gasteiger partial charge in [0.25, 0.3) is 0 Å². The Kier molecular flexibility index (Phi) is 6.27. The van der Waals surface area contributed by atoms with Crippen LogP contribution in [0.1, 0.15) is 22.3 Å². The lowest BCUT2D eigenvalue weighted by Crippen LogP contribution is -2.44. The standard InChI is InChI=1S/C29H30N8O/c1-18-16-33-29(31)35-28(18)38-24-8-4-7-22-26(24)34-25(23(15-30)27(22)37-13-10-32-11-14-37)21-6-3-5-19-17-36(2)12-9-20(19)21/h3-8,16,32H,9-14,17H2,1-2H3,(H2,31,33,35). The minimum Gasteiger partial charge on any atom is -0.436 e. The Balaban J connectivity index is 1.62. The van der Waals surface area contributed by atoms with Gasteiger partial charge < -0.3 is 25.6 Å². The maximum Gasteiger partial charge on any atom is 0.227 e. The van der Waals surface area contributed by atoms with Crippen LogP contribution < -0.4 is 20.7 Å². The summed E-state index contributed by atoms with van der Waals surface area (Å²) < 4.78 is 6.32. The lowest BCUT2D eigenvalue weighted by Gasteiger charge is -2.32. The fourth-order valence-electron chi connectivity index (χ4n) is 5.46. The summed E-state index contributed by atoms with van der Waals surface area (Å²) in [7, 11) is 2.14. The molecule has 1 fully saturated rings. The van der Waals surface area contributed by atoms with Crippen LogP contribution in [0.5, 0.6) is 11.6 Å². The number of pyridine rings is 1. The van der Waals surface area contributed by atoms with E-state index in [1.165, 1.54) is 11.1 Å². The van der Waals surface area contributed by atoms with Crippen molar-refractivity contribution in [3.8, 4) is 29.0 Å². The van der Waals surface area contributed by atoms with Crippen LogP contribution in [0.2, 0.25) is 0 Å². The molecule has 2 aromatic carbocycles. The van der Waals surface area contributed by atoms with Gasteiger partial charge in [-0.15, -0.1) is 0 Å². The van der Waals surface area contributed by atoms with Crippen LogP contribution in [0.15, 0.2) is 42.6 Å². The van der Waals surface area contributed by atoms with Crippen LogP contribution in [-0.4, -0.2) is 59.6 Å². The molecule has 0 saturated carbocycles. The number of aryl methyl sites for hydroxylation is 1. The Morgan fingerprint density at radius 2 is 1.89 bits per heavy atom. The summed E-state index contributed by atoms with van der Waals surface area (Å²) in [6, 6.07) is 14.7. The SMILES string of the molecule is Cc1cnc(N)nc1Oc1cccc2c(N3CCNCC3)c(C#N)c(-c3cccc4c3CCN(C)C4)nc12. The summed E-state index contributed by atoms with van der Waals surface area (Å²) in [6.07, 6.45) is 2.56. The highest BCUT2D eigenvalue weighted by atomic mass is 16.5. The van der Waals surface area contributed by atoms with Gasteiger partial charge in [0, 0.05) is 62.0 Å². The second-order valence-corrected chi connectivity index (χ2v) is 9.93. The first-order valence-corrected chi connectivity index (χ1v) is 12.9. The third-order valence-corrected chi connectivity index (χ3v) is 7.36. The number of aromatic nitrogens is 3. The third-order valence-electron chi connectivity index (χ3n) is 7.36. The van der Waals surface area contributed by atoms with Crippen LogP contribution in [0, 0.1) is 18.3 Å². The van der Waals surface area contributed by atoms with Gasteiger partial charge in [0.15, 0.2) is 5.75 Å². The molecular weight excluding hydrogens is 476 g/mol. The first-order chi connectivity index (χ1) is 18.5. The topological polar surface area (TPSA) is 116 Å². The molecule has 6 rings (SSSR count). The predicted octanol–water partition coefficient (Wildman–Crippen LogP) is 3.64. The van der Waals surface area contributed by atoms with E-state index in [1.54, 1.807) is 6.20 Å². The van der Waals surface area contributed by atoms with Crippen molar-refractivity contribution in [1.82, 2.24) is 25.2 Å². The van der Waals surface area contributed by atoms with Crippen molar-refractivity contribution in [2.24, 2.45) is 0 Å². The fraction of sp³-hybridized carbons (Fsp3) is 0.310. The quantitative estimate of drug-likeness (QED) is 0.428. The van der Waals surface area contributed by atoms with Gasteiger partial charge in [-0.25, -0.2) is 9.97 Å². The highest BCUT2D eigenvalue weighted by Gasteiger charge is 2.26. The van der Waals surface area contributed by atoms with Crippen LogP contribution >= 0.6 is 0 Å². The summed E-state index contributed by atoms with van der Waals surface area (Å²) in [5.74, 6) is 1.10. The zero-order valence-electron chi connectivity index (χ0n) is 21.7. The lowest BCUT2D eigenvalue weighted by molar-refractivity contribution is 0.313.